The predicted molar refractivity (Wildman–Crippen MR) is 62.4 cm³/mol. The van der Waals surface area contributed by atoms with Gasteiger partial charge in [0.25, 0.3) is 0 Å². The topological polar surface area (TPSA) is 56.5 Å². The second-order valence-electron chi connectivity index (χ2n) is 3.42. The third-order valence-corrected chi connectivity index (χ3v) is 2.10. The number of nitrogen functional groups attached to an aromatic ring is 1. The number of anilines is 2. The summed E-state index contributed by atoms with van der Waals surface area (Å²) in [6, 6.07) is 5.87. The minimum Gasteiger partial charge on any atom is -0.495 e. The Morgan fingerprint density at radius 1 is 1.40 bits per heavy atom. The SMILES string of the molecule is COCC(C)Nc1cccc(OC)c1N. The molecule has 1 rings (SSSR count). The number of hydrogen-bond donors (Lipinski definition) is 2. The fourth-order valence-corrected chi connectivity index (χ4v) is 1.41. The number of methoxy groups -OCH3 is 2. The van der Waals surface area contributed by atoms with Crippen LogP contribution in [0.1, 0.15) is 6.92 Å². The molecule has 3 N–H and O–H groups in total. The van der Waals surface area contributed by atoms with E-state index in [9.17, 15) is 0 Å². The molecule has 1 aromatic carbocycles. The Morgan fingerprint density at radius 2 is 2.13 bits per heavy atom. The Labute approximate surface area is 90.4 Å². The molecule has 15 heavy (non-hydrogen) atoms. The molecule has 0 spiro atoms. The maximum atomic E-state index is 5.91. The van der Waals surface area contributed by atoms with E-state index < -0.39 is 0 Å². The van der Waals surface area contributed by atoms with E-state index in [1.807, 2.05) is 25.1 Å². The summed E-state index contributed by atoms with van der Waals surface area (Å²) in [5, 5.41) is 3.26. The lowest BCUT2D eigenvalue weighted by Crippen LogP contribution is -2.21. The van der Waals surface area contributed by atoms with Crippen molar-refractivity contribution in [2.75, 3.05) is 31.9 Å². The monoisotopic (exact) mass is 210 g/mol. The van der Waals surface area contributed by atoms with Crippen LogP contribution in [-0.2, 0) is 4.74 Å². The van der Waals surface area contributed by atoms with Gasteiger partial charge in [0.1, 0.15) is 5.75 Å². The molecule has 0 bridgehead atoms. The van der Waals surface area contributed by atoms with E-state index in [0.29, 0.717) is 18.0 Å². The van der Waals surface area contributed by atoms with Crippen molar-refractivity contribution >= 4 is 11.4 Å². The fraction of sp³-hybridized carbons (Fsp3) is 0.455. The smallest absolute Gasteiger partial charge is 0.143 e. The predicted octanol–water partition coefficient (Wildman–Crippen LogP) is 1.72. The first-order valence-electron chi connectivity index (χ1n) is 4.87. The number of hydrogen-bond acceptors (Lipinski definition) is 4. The first-order chi connectivity index (χ1) is 7.19. The zero-order chi connectivity index (χ0) is 11.3. The van der Waals surface area contributed by atoms with Crippen LogP contribution in [0.15, 0.2) is 18.2 Å². The Hall–Kier alpha value is -1.42. The number of rotatable bonds is 5. The number of nitrogens with one attached hydrogen (secondary N) is 1. The molecule has 84 valence electrons. The molecule has 0 aliphatic heterocycles. The van der Waals surface area contributed by atoms with Crippen molar-refractivity contribution in [1.29, 1.82) is 0 Å². The summed E-state index contributed by atoms with van der Waals surface area (Å²) >= 11 is 0. The third-order valence-electron chi connectivity index (χ3n) is 2.10. The van der Waals surface area contributed by atoms with Gasteiger partial charge in [-0.1, -0.05) is 6.07 Å². The highest BCUT2D eigenvalue weighted by atomic mass is 16.5. The van der Waals surface area contributed by atoms with E-state index in [4.69, 9.17) is 15.2 Å². The molecule has 0 saturated carbocycles. The van der Waals surface area contributed by atoms with Gasteiger partial charge in [0.05, 0.1) is 25.1 Å². The molecule has 1 atom stereocenters. The van der Waals surface area contributed by atoms with Gasteiger partial charge >= 0.3 is 0 Å². The van der Waals surface area contributed by atoms with E-state index in [2.05, 4.69) is 5.32 Å². The molecule has 0 aromatic heterocycles. The van der Waals surface area contributed by atoms with Crippen LogP contribution in [0, 0.1) is 0 Å². The van der Waals surface area contributed by atoms with Gasteiger partial charge in [0.15, 0.2) is 0 Å². The summed E-state index contributed by atoms with van der Waals surface area (Å²) in [5.41, 5.74) is 7.41. The molecule has 4 heteroatoms. The normalized spacial score (nSPS) is 12.2. The summed E-state index contributed by atoms with van der Waals surface area (Å²) in [4.78, 5) is 0. The third kappa shape index (κ3) is 3.02. The molecular weight excluding hydrogens is 192 g/mol. The number of benzene rings is 1. The highest BCUT2D eigenvalue weighted by Crippen LogP contribution is 2.29. The average molecular weight is 210 g/mol. The summed E-state index contributed by atoms with van der Waals surface area (Å²) < 4.78 is 10.2. The zero-order valence-electron chi connectivity index (χ0n) is 9.41. The first kappa shape index (κ1) is 11.7. The Balaban J connectivity index is 2.76. The summed E-state index contributed by atoms with van der Waals surface area (Å²) in [5.74, 6) is 0.685. The van der Waals surface area contributed by atoms with Crippen molar-refractivity contribution in [3.05, 3.63) is 18.2 Å². The average Bonchev–Trinajstić information content (AvgIpc) is 2.21. The van der Waals surface area contributed by atoms with Crippen LogP contribution in [0.4, 0.5) is 11.4 Å². The number of para-hydroxylation sites is 1. The second kappa shape index (κ2) is 5.46. The molecule has 0 fully saturated rings. The Morgan fingerprint density at radius 3 is 2.73 bits per heavy atom. The van der Waals surface area contributed by atoms with Crippen LogP contribution in [0.25, 0.3) is 0 Å². The van der Waals surface area contributed by atoms with Crippen LogP contribution in [0.5, 0.6) is 5.75 Å². The van der Waals surface area contributed by atoms with E-state index in [1.165, 1.54) is 0 Å². The lowest BCUT2D eigenvalue weighted by molar-refractivity contribution is 0.190. The summed E-state index contributed by atoms with van der Waals surface area (Å²) in [6.07, 6.45) is 0. The highest BCUT2D eigenvalue weighted by molar-refractivity contribution is 5.73. The van der Waals surface area contributed by atoms with Gasteiger partial charge < -0.3 is 20.5 Å². The van der Waals surface area contributed by atoms with Gasteiger partial charge in [-0.15, -0.1) is 0 Å². The van der Waals surface area contributed by atoms with Crippen LogP contribution >= 0.6 is 0 Å². The van der Waals surface area contributed by atoms with Crippen molar-refractivity contribution in [3.63, 3.8) is 0 Å². The minimum atomic E-state index is 0.212. The molecule has 0 radical (unpaired) electrons. The number of ether oxygens (including phenoxy) is 2. The van der Waals surface area contributed by atoms with Crippen molar-refractivity contribution in [1.82, 2.24) is 0 Å². The second-order valence-corrected chi connectivity index (χ2v) is 3.42. The molecule has 0 heterocycles. The molecule has 1 unspecified atom stereocenters. The lowest BCUT2D eigenvalue weighted by atomic mass is 10.2. The minimum absolute atomic E-state index is 0.212. The zero-order valence-corrected chi connectivity index (χ0v) is 9.41. The number of nitrogens with two attached hydrogens (primary N) is 1. The van der Waals surface area contributed by atoms with Crippen LogP contribution < -0.4 is 15.8 Å². The summed E-state index contributed by atoms with van der Waals surface area (Å²) in [6.45, 7) is 2.67. The van der Waals surface area contributed by atoms with Gasteiger partial charge in [0.2, 0.25) is 0 Å². The molecule has 4 nitrogen and oxygen atoms in total. The van der Waals surface area contributed by atoms with E-state index >= 15 is 0 Å². The van der Waals surface area contributed by atoms with Gasteiger partial charge in [-0.05, 0) is 19.1 Å². The molecular formula is C11H18N2O2. The first-order valence-corrected chi connectivity index (χ1v) is 4.87. The Bertz CT molecular complexity index is 315. The van der Waals surface area contributed by atoms with Crippen LogP contribution in [0.3, 0.4) is 0 Å². The van der Waals surface area contributed by atoms with Gasteiger partial charge in [-0.2, -0.15) is 0 Å². The van der Waals surface area contributed by atoms with E-state index in [1.54, 1.807) is 14.2 Å². The quantitative estimate of drug-likeness (QED) is 0.727. The van der Waals surface area contributed by atoms with Crippen molar-refractivity contribution in [2.24, 2.45) is 0 Å². The molecule has 0 aliphatic carbocycles. The van der Waals surface area contributed by atoms with Crippen molar-refractivity contribution < 1.29 is 9.47 Å². The van der Waals surface area contributed by atoms with Crippen LogP contribution in [-0.4, -0.2) is 26.9 Å². The highest BCUT2D eigenvalue weighted by Gasteiger charge is 2.07. The Kier molecular flexibility index (Phi) is 4.24. The van der Waals surface area contributed by atoms with Gasteiger partial charge in [-0.3, -0.25) is 0 Å². The maximum absolute atomic E-state index is 5.91. The maximum Gasteiger partial charge on any atom is 0.143 e. The van der Waals surface area contributed by atoms with E-state index in [0.717, 1.165) is 5.69 Å². The van der Waals surface area contributed by atoms with Crippen LogP contribution in [0.2, 0.25) is 0 Å². The van der Waals surface area contributed by atoms with Crippen molar-refractivity contribution in [2.45, 2.75) is 13.0 Å². The molecule has 0 aliphatic rings. The van der Waals surface area contributed by atoms with Gasteiger partial charge in [0, 0.05) is 13.2 Å². The van der Waals surface area contributed by atoms with Crippen molar-refractivity contribution in [3.8, 4) is 5.75 Å². The summed E-state index contributed by atoms with van der Waals surface area (Å²) in [7, 11) is 3.28. The molecule has 0 saturated heterocycles. The standard InChI is InChI=1S/C11H18N2O2/c1-8(7-14-2)13-9-5-4-6-10(15-3)11(9)12/h4-6,8,13H,7,12H2,1-3H3. The molecule has 1 aromatic rings. The van der Waals surface area contributed by atoms with Gasteiger partial charge in [-0.25, -0.2) is 0 Å². The van der Waals surface area contributed by atoms with E-state index in [-0.39, 0.29) is 6.04 Å². The largest absolute Gasteiger partial charge is 0.495 e. The molecule has 0 amide bonds. The lowest BCUT2D eigenvalue weighted by Gasteiger charge is -2.17. The fourth-order valence-electron chi connectivity index (χ4n) is 1.41.